The van der Waals surface area contributed by atoms with Gasteiger partial charge >= 0.3 is 5.97 Å². The van der Waals surface area contributed by atoms with E-state index in [0.29, 0.717) is 12.1 Å². The van der Waals surface area contributed by atoms with Gasteiger partial charge in [-0.3, -0.25) is 0 Å². The van der Waals surface area contributed by atoms with Crippen LogP contribution in [0, 0.1) is 0 Å². The van der Waals surface area contributed by atoms with Crippen LogP contribution in [0.5, 0.6) is 0 Å². The van der Waals surface area contributed by atoms with Crippen LogP contribution in [0.4, 0.5) is 0 Å². The summed E-state index contributed by atoms with van der Waals surface area (Å²) in [6, 6.07) is 5.53. The maximum Gasteiger partial charge on any atom is 0.337 e. The van der Waals surface area contributed by atoms with E-state index in [2.05, 4.69) is 15.9 Å². The number of esters is 1. The second-order valence-electron chi connectivity index (χ2n) is 4.25. The SMILES string of the molecule is COC(=O)c1cc(Br)c2ccn(CC(OC)OC)c2c1. The van der Waals surface area contributed by atoms with Gasteiger partial charge in [0.1, 0.15) is 0 Å². The van der Waals surface area contributed by atoms with Gasteiger partial charge in [0.05, 0.1) is 24.7 Å². The predicted molar refractivity (Wildman–Crippen MR) is 78.8 cm³/mol. The molecular formula is C14H16BrNO4. The Hall–Kier alpha value is -1.37. The number of carbonyl (C=O) groups is 1. The van der Waals surface area contributed by atoms with Gasteiger partial charge in [-0.05, 0) is 18.2 Å². The monoisotopic (exact) mass is 341 g/mol. The minimum atomic E-state index is -0.365. The normalized spacial score (nSPS) is 11.2. The Kier molecular flexibility index (Phi) is 4.80. The molecule has 2 aromatic rings. The number of benzene rings is 1. The molecule has 0 spiro atoms. The van der Waals surface area contributed by atoms with Crippen molar-refractivity contribution in [2.24, 2.45) is 0 Å². The molecule has 0 unspecified atom stereocenters. The standard InChI is InChI=1S/C14H16BrNO4/c1-18-13(19-2)8-16-5-4-10-11(15)6-9(7-12(10)16)14(17)20-3/h4-7,13H,8H2,1-3H3. The number of carbonyl (C=O) groups excluding carboxylic acids is 1. The molecule has 0 bridgehead atoms. The van der Waals surface area contributed by atoms with Crippen LogP contribution in [0.15, 0.2) is 28.9 Å². The topological polar surface area (TPSA) is 49.7 Å². The molecule has 0 amide bonds. The first-order valence-corrected chi connectivity index (χ1v) is 6.82. The van der Waals surface area contributed by atoms with Crippen LogP contribution in [0.3, 0.4) is 0 Å². The van der Waals surface area contributed by atoms with Crippen molar-refractivity contribution in [3.8, 4) is 0 Å². The zero-order chi connectivity index (χ0) is 14.7. The van der Waals surface area contributed by atoms with E-state index in [-0.39, 0.29) is 12.3 Å². The van der Waals surface area contributed by atoms with Gasteiger partial charge in [-0.15, -0.1) is 0 Å². The molecule has 0 aliphatic rings. The van der Waals surface area contributed by atoms with E-state index in [0.717, 1.165) is 15.4 Å². The molecule has 0 N–H and O–H groups in total. The maximum atomic E-state index is 11.7. The third kappa shape index (κ3) is 2.87. The van der Waals surface area contributed by atoms with Gasteiger partial charge in [-0.25, -0.2) is 4.79 Å². The molecule has 0 fully saturated rings. The molecule has 0 saturated carbocycles. The van der Waals surface area contributed by atoms with Crippen LogP contribution in [0.1, 0.15) is 10.4 Å². The van der Waals surface area contributed by atoms with Crippen LogP contribution < -0.4 is 0 Å². The van der Waals surface area contributed by atoms with Crippen molar-refractivity contribution in [1.82, 2.24) is 4.57 Å². The lowest BCUT2D eigenvalue weighted by atomic mass is 10.1. The van der Waals surface area contributed by atoms with Crippen LogP contribution in [-0.4, -0.2) is 38.2 Å². The molecule has 0 aliphatic carbocycles. The highest BCUT2D eigenvalue weighted by Crippen LogP contribution is 2.27. The van der Waals surface area contributed by atoms with E-state index in [1.165, 1.54) is 7.11 Å². The third-order valence-electron chi connectivity index (χ3n) is 3.13. The minimum Gasteiger partial charge on any atom is -0.465 e. The molecule has 2 rings (SSSR count). The van der Waals surface area contributed by atoms with Crippen molar-refractivity contribution in [1.29, 1.82) is 0 Å². The summed E-state index contributed by atoms with van der Waals surface area (Å²) < 4.78 is 18.0. The number of ether oxygens (including phenoxy) is 3. The summed E-state index contributed by atoms with van der Waals surface area (Å²) in [4.78, 5) is 11.7. The smallest absolute Gasteiger partial charge is 0.337 e. The number of nitrogens with zero attached hydrogens (tertiary/aromatic N) is 1. The van der Waals surface area contributed by atoms with E-state index < -0.39 is 0 Å². The van der Waals surface area contributed by atoms with Crippen molar-refractivity contribution in [3.05, 3.63) is 34.4 Å². The van der Waals surface area contributed by atoms with Crippen LogP contribution in [0.2, 0.25) is 0 Å². The van der Waals surface area contributed by atoms with Crippen LogP contribution in [0.25, 0.3) is 10.9 Å². The molecule has 0 aliphatic heterocycles. The summed E-state index contributed by atoms with van der Waals surface area (Å²) >= 11 is 3.48. The fourth-order valence-corrected chi connectivity index (χ4v) is 2.63. The summed E-state index contributed by atoms with van der Waals surface area (Å²) in [5, 5.41) is 1.02. The van der Waals surface area contributed by atoms with Crippen molar-refractivity contribution in [2.75, 3.05) is 21.3 Å². The van der Waals surface area contributed by atoms with E-state index in [1.807, 2.05) is 16.8 Å². The van der Waals surface area contributed by atoms with Crippen LogP contribution in [-0.2, 0) is 20.8 Å². The average Bonchev–Trinajstić information content (AvgIpc) is 2.87. The molecule has 20 heavy (non-hydrogen) atoms. The van der Waals surface area contributed by atoms with Gasteiger partial charge in [-0.1, -0.05) is 15.9 Å². The van der Waals surface area contributed by atoms with E-state index in [4.69, 9.17) is 14.2 Å². The number of halogens is 1. The van der Waals surface area contributed by atoms with E-state index >= 15 is 0 Å². The molecule has 6 heteroatoms. The molecule has 1 aromatic heterocycles. The predicted octanol–water partition coefficient (Wildman–Crippen LogP) is 2.81. The highest BCUT2D eigenvalue weighted by Gasteiger charge is 2.14. The average molecular weight is 342 g/mol. The molecule has 0 atom stereocenters. The fourth-order valence-electron chi connectivity index (χ4n) is 2.05. The lowest BCUT2D eigenvalue weighted by Crippen LogP contribution is -2.20. The molecule has 108 valence electrons. The lowest BCUT2D eigenvalue weighted by Gasteiger charge is -2.15. The Morgan fingerprint density at radius 2 is 2.00 bits per heavy atom. The van der Waals surface area contributed by atoms with Gasteiger partial charge < -0.3 is 18.8 Å². The zero-order valence-corrected chi connectivity index (χ0v) is 13.1. The second kappa shape index (κ2) is 6.39. The van der Waals surface area contributed by atoms with Crippen LogP contribution >= 0.6 is 15.9 Å². The molecule has 1 aromatic carbocycles. The molecular weight excluding hydrogens is 326 g/mol. The Bertz CT molecular complexity index is 619. The fraction of sp³-hybridized carbons (Fsp3) is 0.357. The largest absolute Gasteiger partial charge is 0.465 e. The maximum absolute atomic E-state index is 11.7. The summed E-state index contributed by atoms with van der Waals surface area (Å²) in [6.45, 7) is 0.535. The number of aromatic nitrogens is 1. The highest BCUT2D eigenvalue weighted by molar-refractivity contribution is 9.10. The Morgan fingerprint density at radius 3 is 2.60 bits per heavy atom. The Morgan fingerprint density at radius 1 is 1.30 bits per heavy atom. The van der Waals surface area contributed by atoms with Crippen molar-refractivity contribution < 1.29 is 19.0 Å². The lowest BCUT2D eigenvalue weighted by molar-refractivity contribution is -0.110. The van der Waals surface area contributed by atoms with Gasteiger partial charge in [0.25, 0.3) is 0 Å². The molecule has 5 nitrogen and oxygen atoms in total. The van der Waals surface area contributed by atoms with Gasteiger partial charge in [0.2, 0.25) is 0 Å². The first kappa shape index (κ1) is 15.0. The third-order valence-corrected chi connectivity index (χ3v) is 3.79. The Balaban J connectivity index is 2.46. The van der Waals surface area contributed by atoms with E-state index in [1.54, 1.807) is 26.4 Å². The molecule has 1 heterocycles. The molecule has 0 radical (unpaired) electrons. The first-order chi connectivity index (χ1) is 9.60. The van der Waals surface area contributed by atoms with Gasteiger partial charge in [-0.2, -0.15) is 0 Å². The Labute approximate surface area is 125 Å². The quantitative estimate of drug-likeness (QED) is 0.619. The number of hydrogen-bond donors (Lipinski definition) is 0. The van der Waals surface area contributed by atoms with Crippen molar-refractivity contribution >= 4 is 32.8 Å². The summed E-state index contributed by atoms with van der Waals surface area (Å²) in [5.41, 5.74) is 1.41. The number of methoxy groups -OCH3 is 3. The number of rotatable bonds is 5. The zero-order valence-electron chi connectivity index (χ0n) is 11.6. The minimum absolute atomic E-state index is 0.342. The van der Waals surface area contributed by atoms with Crippen molar-refractivity contribution in [2.45, 2.75) is 12.8 Å². The van der Waals surface area contributed by atoms with Gasteiger partial charge in [0.15, 0.2) is 6.29 Å². The van der Waals surface area contributed by atoms with Crippen molar-refractivity contribution in [3.63, 3.8) is 0 Å². The number of hydrogen-bond acceptors (Lipinski definition) is 4. The summed E-state index contributed by atoms with van der Waals surface area (Å²) in [5.74, 6) is -0.365. The molecule has 0 saturated heterocycles. The first-order valence-electron chi connectivity index (χ1n) is 6.03. The number of fused-ring (bicyclic) bond motifs is 1. The summed E-state index contributed by atoms with van der Waals surface area (Å²) in [6.07, 6.45) is 1.59. The van der Waals surface area contributed by atoms with E-state index in [9.17, 15) is 4.79 Å². The van der Waals surface area contributed by atoms with Gasteiger partial charge in [0, 0.05) is 30.3 Å². The second-order valence-corrected chi connectivity index (χ2v) is 5.11. The highest BCUT2D eigenvalue weighted by atomic mass is 79.9. The summed E-state index contributed by atoms with van der Waals surface area (Å²) in [7, 11) is 4.55.